The van der Waals surface area contributed by atoms with E-state index in [0.29, 0.717) is 5.56 Å². The molecule has 0 atom stereocenters. The molecule has 1 aromatic carbocycles. The normalized spacial score (nSPS) is 12.8. The van der Waals surface area contributed by atoms with Crippen molar-refractivity contribution in [2.24, 2.45) is 0 Å². The Labute approximate surface area is 104 Å². The highest BCUT2D eigenvalue weighted by Gasteiger charge is 2.38. The number of alkyl halides is 2. The zero-order valence-electron chi connectivity index (χ0n) is 9.50. The molecule has 0 unspecified atom stereocenters. The maximum atomic E-state index is 13.7. The Morgan fingerprint density at radius 3 is 2.35 bits per heavy atom. The van der Waals surface area contributed by atoms with Crippen LogP contribution in [-0.4, -0.2) is 14.2 Å². The van der Waals surface area contributed by atoms with Gasteiger partial charge in [0.1, 0.15) is 5.75 Å². The quantitative estimate of drug-likeness (QED) is 0.795. The van der Waals surface area contributed by atoms with Gasteiger partial charge >= 0.3 is 0 Å². The smallest absolute Gasteiger partial charge is 0.212 e. The third-order valence-electron chi connectivity index (χ3n) is 2.45. The van der Waals surface area contributed by atoms with Crippen LogP contribution in [0.4, 0.5) is 8.78 Å². The van der Waals surface area contributed by atoms with Gasteiger partial charge in [-0.1, -0.05) is 25.1 Å². The largest absolute Gasteiger partial charge is 0.288 e. The molecule has 1 aromatic rings. The molecule has 0 saturated heterocycles. The first kappa shape index (κ1) is 14.4. The van der Waals surface area contributed by atoms with Crippen LogP contribution in [0.5, 0.6) is 0 Å². The molecule has 0 aliphatic rings. The van der Waals surface area contributed by atoms with Gasteiger partial charge in [-0.3, -0.25) is 0 Å². The second-order valence-electron chi connectivity index (χ2n) is 3.89. The summed E-state index contributed by atoms with van der Waals surface area (Å²) in [5.41, 5.74) is 1.00. The van der Waals surface area contributed by atoms with Crippen molar-refractivity contribution in [3.8, 4) is 0 Å². The van der Waals surface area contributed by atoms with Crippen molar-refractivity contribution in [2.75, 3.05) is 5.75 Å². The molecule has 0 aliphatic heterocycles. The van der Waals surface area contributed by atoms with E-state index in [-0.39, 0.29) is 5.56 Å². The maximum Gasteiger partial charge on any atom is 0.288 e. The summed E-state index contributed by atoms with van der Waals surface area (Å²) in [6, 6.07) is 4.46. The molecule has 0 N–H and O–H groups in total. The monoisotopic (exact) mass is 282 g/mol. The first-order chi connectivity index (χ1) is 7.65. The lowest BCUT2D eigenvalue weighted by atomic mass is 10.00. The highest BCUT2D eigenvalue weighted by atomic mass is 35.7. The molecular formula is C11H13ClF2O2S. The average molecular weight is 283 g/mol. The summed E-state index contributed by atoms with van der Waals surface area (Å²) in [4.78, 5) is 0. The van der Waals surface area contributed by atoms with Crippen molar-refractivity contribution < 1.29 is 17.2 Å². The van der Waals surface area contributed by atoms with Crippen LogP contribution in [0.15, 0.2) is 18.2 Å². The van der Waals surface area contributed by atoms with Gasteiger partial charge in [0.25, 0.3) is 5.92 Å². The lowest BCUT2D eigenvalue weighted by Gasteiger charge is -2.17. The van der Waals surface area contributed by atoms with Crippen LogP contribution in [0.2, 0.25) is 0 Å². The molecular weight excluding hydrogens is 270 g/mol. The van der Waals surface area contributed by atoms with Gasteiger partial charge in [-0.05, 0) is 24.5 Å². The van der Waals surface area contributed by atoms with Crippen molar-refractivity contribution in [3.05, 3.63) is 34.9 Å². The van der Waals surface area contributed by atoms with Crippen molar-refractivity contribution in [3.63, 3.8) is 0 Å². The topological polar surface area (TPSA) is 34.1 Å². The van der Waals surface area contributed by atoms with Crippen LogP contribution in [0.1, 0.15) is 23.6 Å². The van der Waals surface area contributed by atoms with Crippen molar-refractivity contribution in [1.82, 2.24) is 0 Å². The van der Waals surface area contributed by atoms with Crippen molar-refractivity contribution in [2.45, 2.75) is 26.2 Å². The van der Waals surface area contributed by atoms with Crippen molar-refractivity contribution in [1.29, 1.82) is 0 Å². The number of hydrogen-bond acceptors (Lipinski definition) is 2. The summed E-state index contributed by atoms with van der Waals surface area (Å²) in [6.45, 7) is 3.44. The summed E-state index contributed by atoms with van der Waals surface area (Å²) < 4.78 is 48.8. The predicted octanol–water partition coefficient (Wildman–Crippen LogP) is 3.22. The number of halogens is 3. The fraction of sp³-hybridized carbons (Fsp3) is 0.455. The van der Waals surface area contributed by atoms with E-state index in [9.17, 15) is 17.2 Å². The van der Waals surface area contributed by atoms with E-state index < -0.39 is 20.7 Å². The van der Waals surface area contributed by atoms with Crippen LogP contribution in [-0.2, 0) is 21.4 Å². The molecule has 1 rings (SSSR count). The maximum absolute atomic E-state index is 13.7. The van der Waals surface area contributed by atoms with Gasteiger partial charge in [-0.25, -0.2) is 17.2 Å². The minimum Gasteiger partial charge on any atom is -0.212 e. The number of rotatable bonds is 4. The van der Waals surface area contributed by atoms with E-state index in [1.807, 2.05) is 6.92 Å². The first-order valence-corrected chi connectivity index (χ1v) is 7.53. The first-order valence-electron chi connectivity index (χ1n) is 5.06. The third kappa shape index (κ3) is 3.92. The number of hydrogen-bond donors (Lipinski definition) is 0. The molecule has 6 heteroatoms. The molecule has 0 spiro atoms. The molecule has 0 radical (unpaired) electrons. The average Bonchev–Trinajstić information content (AvgIpc) is 2.13. The Bertz CT molecular complexity index is 512. The van der Waals surface area contributed by atoms with E-state index in [4.69, 9.17) is 10.7 Å². The van der Waals surface area contributed by atoms with E-state index >= 15 is 0 Å². The van der Waals surface area contributed by atoms with Crippen LogP contribution in [0.3, 0.4) is 0 Å². The second kappa shape index (κ2) is 4.90. The van der Waals surface area contributed by atoms with Crippen LogP contribution in [0, 0.1) is 6.92 Å². The Kier molecular flexibility index (Phi) is 4.15. The zero-order valence-corrected chi connectivity index (χ0v) is 11.1. The van der Waals surface area contributed by atoms with Crippen LogP contribution in [0.25, 0.3) is 0 Å². The Morgan fingerprint density at radius 1 is 1.35 bits per heavy atom. The molecule has 17 heavy (non-hydrogen) atoms. The van der Waals surface area contributed by atoms with Gasteiger partial charge in [-0.2, -0.15) is 0 Å². The molecule has 0 heterocycles. The fourth-order valence-corrected chi connectivity index (χ4v) is 2.65. The summed E-state index contributed by atoms with van der Waals surface area (Å²) in [6.07, 6.45) is 0.737. The Balaban J connectivity index is 3.15. The van der Waals surface area contributed by atoms with E-state index in [1.165, 1.54) is 13.0 Å². The van der Waals surface area contributed by atoms with Gasteiger partial charge in [-0.15, -0.1) is 0 Å². The van der Waals surface area contributed by atoms with E-state index in [0.717, 1.165) is 12.0 Å². The van der Waals surface area contributed by atoms with Gasteiger partial charge in [0.2, 0.25) is 9.05 Å². The summed E-state index contributed by atoms with van der Waals surface area (Å²) >= 11 is 0. The van der Waals surface area contributed by atoms with Crippen LogP contribution < -0.4 is 0 Å². The van der Waals surface area contributed by atoms with Gasteiger partial charge in [0, 0.05) is 16.2 Å². The highest BCUT2D eigenvalue weighted by molar-refractivity contribution is 8.13. The lowest BCUT2D eigenvalue weighted by Crippen LogP contribution is -2.24. The van der Waals surface area contributed by atoms with Crippen molar-refractivity contribution >= 4 is 19.7 Å². The molecule has 96 valence electrons. The standard InChI is InChI=1S/C11H13ClF2O2S/c1-3-9-4-5-10(8(2)6-9)11(13,14)7-17(12,15)16/h4-6H,3,7H2,1-2H3. The molecule has 0 aliphatic carbocycles. The van der Waals surface area contributed by atoms with Gasteiger partial charge in [0.05, 0.1) is 0 Å². The zero-order chi connectivity index (χ0) is 13.3. The minimum absolute atomic E-state index is 0.293. The summed E-state index contributed by atoms with van der Waals surface area (Å²) in [5.74, 6) is -4.84. The minimum atomic E-state index is -4.24. The molecule has 0 saturated carbocycles. The van der Waals surface area contributed by atoms with Gasteiger partial charge in [0.15, 0.2) is 0 Å². The van der Waals surface area contributed by atoms with Gasteiger partial charge < -0.3 is 0 Å². The molecule has 0 amide bonds. The molecule has 2 nitrogen and oxygen atoms in total. The van der Waals surface area contributed by atoms with Crippen LogP contribution >= 0.6 is 10.7 Å². The predicted molar refractivity (Wildman–Crippen MR) is 64.1 cm³/mol. The third-order valence-corrected chi connectivity index (χ3v) is 3.48. The highest BCUT2D eigenvalue weighted by Crippen LogP contribution is 2.33. The number of benzene rings is 1. The molecule has 0 bridgehead atoms. The van der Waals surface area contributed by atoms with E-state index in [1.54, 1.807) is 12.1 Å². The van der Waals surface area contributed by atoms with E-state index in [2.05, 4.69) is 0 Å². The Morgan fingerprint density at radius 2 is 1.94 bits per heavy atom. The molecule has 0 aromatic heterocycles. The SMILES string of the molecule is CCc1ccc(C(F)(F)CS(=O)(=O)Cl)c(C)c1. The summed E-state index contributed by atoms with van der Waals surface area (Å²) in [5, 5.41) is 0. The fourth-order valence-electron chi connectivity index (χ4n) is 1.65. The summed E-state index contributed by atoms with van der Waals surface area (Å²) in [7, 11) is 0.631. The number of aryl methyl sites for hydroxylation is 2. The molecule has 0 fully saturated rings. The Hall–Kier alpha value is -0.680. The second-order valence-corrected chi connectivity index (χ2v) is 6.67. The lowest BCUT2D eigenvalue weighted by molar-refractivity contribution is 0.0211.